The van der Waals surface area contributed by atoms with Gasteiger partial charge in [-0.15, -0.1) is 0 Å². The fourth-order valence-corrected chi connectivity index (χ4v) is 4.73. The molecule has 10 heteroatoms. The zero-order valence-electron chi connectivity index (χ0n) is 19.5. The largest absolute Gasteiger partial charge is 0.490 e. The lowest BCUT2D eigenvalue weighted by Crippen LogP contribution is -2.46. The normalized spacial score (nSPS) is 16.5. The second-order valence-corrected chi connectivity index (χ2v) is 9.00. The maximum atomic E-state index is 12.5. The van der Waals surface area contributed by atoms with Crippen molar-refractivity contribution < 1.29 is 27.9 Å². The molecular formula is C26H27F3N4O3. The molecule has 1 aromatic heterocycles. The van der Waals surface area contributed by atoms with Crippen LogP contribution in [0.3, 0.4) is 0 Å². The lowest BCUT2D eigenvalue weighted by Gasteiger charge is -2.39. The average molecular weight is 501 g/mol. The molecule has 190 valence electrons. The number of alkyl halides is 3. The van der Waals surface area contributed by atoms with Gasteiger partial charge in [0.25, 0.3) is 5.91 Å². The summed E-state index contributed by atoms with van der Waals surface area (Å²) in [4.78, 5) is 28.2. The number of hydrogen-bond donors (Lipinski definition) is 3. The molecule has 0 radical (unpaired) electrons. The van der Waals surface area contributed by atoms with Crippen molar-refractivity contribution in [2.24, 2.45) is 0 Å². The van der Waals surface area contributed by atoms with Gasteiger partial charge in [-0.25, -0.2) is 4.79 Å². The Morgan fingerprint density at radius 1 is 1.08 bits per heavy atom. The molecule has 0 bridgehead atoms. The van der Waals surface area contributed by atoms with Gasteiger partial charge in [0.05, 0.1) is 11.1 Å². The number of aromatic nitrogens is 1. The Labute approximate surface area is 206 Å². The number of para-hydroxylation sites is 2. The predicted octanol–water partition coefficient (Wildman–Crippen LogP) is 4.06. The molecule has 0 saturated carbocycles. The fourth-order valence-electron chi connectivity index (χ4n) is 4.73. The zero-order chi connectivity index (χ0) is 25.8. The predicted molar refractivity (Wildman–Crippen MR) is 130 cm³/mol. The van der Waals surface area contributed by atoms with Gasteiger partial charge in [-0.1, -0.05) is 36.4 Å². The van der Waals surface area contributed by atoms with E-state index < -0.39 is 12.1 Å². The van der Waals surface area contributed by atoms with E-state index in [0.29, 0.717) is 12.1 Å². The third-order valence-electron chi connectivity index (χ3n) is 6.74. The highest BCUT2D eigenvalue weighted by molar-refractivity contribution is 5.97. The highest BCUT2D eigenvalue weighted by atomic mass is 19.4. The number of rotatable bonds is 4. The Morgan fingerprint density at radius 3 is 2.47 bits per heavy atom. The van der Waals surface area contributed by atoms with Crippen LogP contribution in [0.15, 0.2) is 60.8 Å². The van der Waals surface area contributed by atoms with Crippen molar-refractivity contribution in [1.82, 2.24) is 15.2 Å². The number of nitrogens with zero attached hydrogens (tertiary/aromatic N) is 2. The third-order valence-corrected chi connectivity index (χ3v) is 6.74. The van der Waals surface area contributed by atoms with E-state index in [0.717, 1.165) is 37.1 Å². The number of carboxylic acids is 1. The molecule has 0 atom stereocenters. The first-order valence-electron chi connectivity index (χ1n) is 11.7. The molecule has 5 rings (SSSR count). The van der Waals surface area contributed by atoms with Crippen LogP contribution < -0.4 is 10.6 Å². The number of piperidine rings is 1. The quantitative estimate of drug-likeness (QED) is 0.500. The summed E-state index contributed by atoms with van der Waals surface area (Å²) in [6.07, 6.45) is -1.09. The van der Waals surface area contributed by atoms with Crippen LogP contribution in [0.4, 0.5) is 18.9 Å². The minimum absolute atomic E-state index is 0.0503. The van der Waals surface area contributed by atoms with E-state index in [9.17, 15) is 18.0 Å². The molecule has 3 heterocycles. The number of aliphatic carboxylic acids is 1. The molecule has 2 aliphatic rings. The van der Waals surface area contributed by atoms with Crippen molar-refractivity contribution in [2.45, 2.75) is 24.4 Å². The van der Waals surface area contributed by atoms with Gasteiger partial charge in [0.1, 0.15) is 0 Å². The molecule has 2 aromatic carbocycles. The summed E-state index contributed by atoms with van der Waals surface area (Å²) in [5.74, 6) is -2.81. The van der Waals surface area contributed by atoms with Crippen LogP contribution in [-0.4, -0.2) is 65.8 Å². The Hall–Kier alpha value is -3.66. The van der Waals surface area contributed by atoms with E-state index in [1.165, 1.54) is 24.1 Å². The number of pyridine rings is 1. The van der Waals surface area contributed by atoms with Gasteiger partial charge in [0, 0.05) is 42.3 Å². The molecule has 7 nitrogen and oxygen atoms in total. The number of carboxylic acid groups (broad SMARTS) is 1. The molecule has 36 heavy (non-hydrogen) atoms. The lowest BCUT2D eigenvalue weighted by molar-refractivity contribution is -0.192. The first-order valence-corrected chi connectivity index (χ1v) is 11.7. The van der Waals surface area contributed by atoms with Crippen molar-refractivity contribution in [1.29, 1.82) is 0 Å². The van der Waals surface area contributed by atoms with Crippen LogP contribution in [0.25, 0.3) is 10.9 Å². The molecule has 1 amide bonds. The second-order valence-electron chi connectivity index (χ2n) is 9.00. The molecule has 2 aliphatic heterocycles. The van der Waals surface area contributed by atoms with E-state index >= 15 is 0 Å². The molecule has 1 spiro atoms. The standard InChI is InChI=1S/C24H26N4O.C2HF3O2/c29-23(19-15-18-5-1-3-7-21(18)26-16-19)25-11-14-28-12-9-24(10-13-28)17-27-22-8-4-2-6-20(22)24;3-2(4,5)1(6)7/h1-8,15-16,27H,9-14,17H2,(H,25,29);(H,6,7). The number of hydrogen-bond acceptors (Lipinski definition) is 5. The summed E-state index contributed by atoms with van der Waals surface area (Å²) in [7, 11) is 0. The summed E-state index contributed by atoms with van der Waals surface area (Å²) >= 11 is 0. The number of carbonyl (C=O) groups is 2. The molecule has 1 saturated heterocycles. The minimum Gasteiger partial charge on any atom is -0.475 e. The highest BCUT2D eigenvalue weighted by Gasteiger charge is 2.41. The van der Waals surface area contributed by atoms with Crippen LogP contribution in [0, 0.1) is 0 Å². The molecule has 0 aliphatic carbocycles. The maximum Gasteiger partial charge on any atom is 0.490 e. The number of likely N-dealkylation sites (tertiary alicyclic amines) is 1. The van der Waals surface area contributed by atoms with Gasteiger partial charge in [-0.05, 0) is 49.7 Å². The first kappa shape index (κ1) is 25.4. The number of benzene rings is 2. The Balaban J connectivity index is 0.000000384. The van der Waals surface area contributed by atoms with Crippen LogP contribution in [0.2, 0.25) is 0 Å². The number of anilines is 1. The minimum atomic E-state index is -5.08. The Morgan fingerprint density at radius 2 is 1.75 bits per heavy atom. The summed E-state index contributed by atoms with van der Waals surface area (Å²) in [6.45, 7) is 4.74. The first-order chi connectivity index (χ1) is 17.2. The van der Waals surface area contributed by atoms with E-state index in [-0.39, 0.29) is 11.3 Å². The van der Waals surface area contributed by atoms with Crippen LogP contribution in [0.5, 0.6) is 0 Å². The Bertz CT molecular complexity index is 1240. The van der Waals surface area contributed by atoms with E-state index in [1.54, 1.807) is 6.20 Å². The van der Waals surface area contributed by atoms with E-state index in [1.807, 2.05) is 30.3 Å². The monoisotopic (exact) mass is 500 g/mol. The smallest absolute Gasteiger partial charge is 0.475 e. The maximum absolute atomic E-state index is 12.5. The van der Waals surface area contributed by atoms with Gasteiger partial charge < -0.3 is 20.6 Å². The van der Waals surface area contributed by atoms with Gasteiger partial charge in [-0.3, -0.25) is 9.78 Å². The fraction of sp³-hybridized carbons (Fsp3) is 0.346. The lowest BCUT2D eigenvalue weighted by atomic mass is 9.74. The van der Waals surface area contributed by atoms with Crippen LogP contribution >= 0.6 is 0 Å². The summed E-state index contributed by atoms with van der Waals surface area (Å²) in [6, 6.07) is 18.5. The number of carbonyl (C=O) groups excluding carboxylic acids is 1. The van der Waals surface area contributed by atoms with Crippen LogP contribution in [-0.2, 0) is 10.2 Å². The number of amides is 1. The summed E-state index contributed by atoms with van der Waals surface area (Å²) in [5.41, 5.74) is 4.60. The Kier molecular flexibility index (Phi) is 7.44. The third kappa shape index (κ3) is 5.76. The second kappa shape index (κ2) is 10.5. The molecule has 0 unspecified atom stereocenters. The molecule has 3 aromatic rings. The van der Waals surface area contributed by atoms with Crippen molar-refractivity contribution in [3.63, 3.8) is 0 Å². The van der Waals surface area contributed by atoms with Crippen molar-refractivity contribution >= 4 is 28.5 Å². The number of fused-ring (bicyclic) bond motifs is 3. The SMILES string of the molecule is O=C(NCCN1CCC2(CC1)CNc1ccccc12)c1cnc2ccccc2c1.O=C(O)C(F)(F)F. The van der Waals surface area contributed by atoms with E-state index in [4.69, 9.17) is 9.90 Å². The van der Waals surface area contributed by atoms with Gasteiger partial charge in [-0.2, -0.15) is 13.2 Å². The molecular weight excluding hydrogens is 473 g/mol. The van der Waals surface area contributed by atoms with Gasteiger partial charge >= 0.3 is 12.1 Å². The van der Waals surface area contributed by atoms with Crippen LogP contribution in [0.1, 0.15) is 28.8 Å². The average Bonchev–Trinajstić information content (AvgIpc) is 3.23. The van der Waals surface area contributed by atoms with Crippen molar-refractivity contribution in [3.8, 4) is 0 Å². The van der Waals surface area contributed by atoms with Crippen molar-refractivity contribution in [3.05, 3.63) is 71.9 Å². The van der Waals surface area contributed by atoms with Crippen molar-refractivity contribution in [2.75, 3.05) is 38.0 Å². The summed E-state index contributed by atoms with van der Waals surface area (Å²) < 4.78 is 31.7. The van der Waals surface area contributed by atoms with E-state index in [2.05, 4.69) is 44.8 Å². The number of nitrogens with one attached hydrogen (secondary N) is 2. The zero-order valence-corrected chi connectivity index (χ0v) is 19.5. The van der Waals surface area contributed by atoms with Gasteiger partial charge in [0.2, 0.25) is 0 Å². The molecule has 3 N–H and O–H groups in total. The van der Waals surface area contributed by atoms with Gasteiger partial charge in [0.15, 0.2) is 0 Å². The number of halogens is 3. The topological polar surface area (TPSA) is 94.6 Å². The summed E-state index contributed by atoms with van der Waals surface area (Å²) in [5, 5.41) is 14.8. The molecule has 1 fully saturated rings. The highest BCUT2D eigenvalue weighted by Crippen LogP contribution is 2.43.